The van der Waals surface area contributed by atoms with Crippen molar-refractivity contribution in [2.75, 3.05) is 20.3 Å². The van der Waals surface area contributed by atoms with E-state index in [0.717, 1.165) is 12.0 Å². The molecule has 0 fully saturated rings. The lowest BCUT2D eigenvalue weighted by Crippen LogP contribution is -2.33. The molecule has 20 heavy (non-hydrogen) atoms. The van der Waals surface area contributed by atoms with Gasteiger partial charge in [-0.25, -0.2) is 0 Å². The summed E-state index contributed by atoms with van der Waals surface area (Å²) in [6.07, 6.45) is 1.01. The van der Waals surface area contributed by atoms with Crippen LogP contribution in [0.4, 0.5) is 0 Å². The third-order valence-electron chi connectivity index (χ3n) is 2.82. The summed E-state index contributed by atoms with van der Waals surface area (Å²) in [4.78, 5) is 23.1. The molecule has 0 aromatic heterocycles. The predicted molar refractivity (Wildman–Crippen MR) is 77.1 cm³/mol. The Bertz CT molecular complexity index is 420. The van der Waals surface area contributed by atoms with E-state index in [-0.39, 0.29) is 24.3 Å². The first-order chi connectivity index (χ1) is 9.63. The number of carbonyl (C=O) groups is 2. The van der Waals surface area contributed by atoms with Crippen LogP contribution in [0.15, 0.2) is 30.3 Å². The van der Waals surface area contributed by atoms with Gasteiger partial charge in [0.1, 0.15) is 0 Å². The standard InChI is InChI=1S/C15H22N2O3/c1-12(18)17-14(13-7-4-3-5-8-13)11-15(19)16-9-6-10-20-2/h3-5,7-8,14H,6,9-11H2,1-2H3,(H,16,19)(H,17,18). The van der Waals surface area contributed by atoms with E-state index in [2.05, 4.69) is 10.6 Å². The van der Waals surface area contributed by atoms with Crippen molar-refractivity contribution in [3.63, 3.8) is 0 Å². The molecule has 0 bridgehead atoms. The molecule has 5 nitrogen and oxygen atoms in total. The van der Waals surface area contributed by atoms with Gasteiger partial charge >= 0.3 is 0 Å². The van der Waals surface area contributed by atoms with Crippen molar-refractivity contribution in [2.45, 2.75) is 25.8 Å². The van der Waals surface area contributed by atoms with Gasteiger partial charge in [-0.05, 0) is 12.0 Å². The molecule has 1 unspecified atom stereocenters. The molecule has 0 saturated carbocycles. The fourth-order valence-corrected chi connectivity index (χ4v) is 1.88. The Morgan fingerprint density at radius 3 is 2.55 bits per heavy atom. The summed E-state index contributed by atoms with van der Waals surface area (Å²) in [7, 11) is 1.63. The molecular weight excluding hydrogens is 256 g/mol. The largest absolute Gasteiger partial charge is 0.385 e. The summed E-state index contributed by atoms with van der Waals surface area (Å²) in [5, 5.41) is 5.62. The Morgan fingerprint density at radius 2 is 1.95 bits per heavy atom. The van der Waals surface area contributed by atoms with E-state index in [9.17, 15) is 9.59 Å². The lowest BCUT2D eigenvalue weighted by molar-refractivity contribution is -0.122. The first-order valence-corrected chi connectivity index (χ1v) is 6.71. The van der Waals surface area contributed by atoms with Gasteiger partial charge in [0, 0.05) is 27.2 Å². The van der Waals surface area contributed by atoms with Gasteiger partial charge in [-0.15, -0.1) is 0 Å². The van der Waals surface area contributed by atoms with Crippen molar-refractivity contribution >= 4 is 11.8 Å². The molecule has 0 aliphatic rings. The lowest BCUT2D eigenvalue weighted by Gasteiger charge is -2.18. The van der Waals surface area contributed by atoms with Gasteiger partial charge in [0.05, 0.1) is 12.5 Å². The number of ether oxygens (including phenoxy) is 1. The highest BCUT2D eigenvalue weighted by Gasteiger charge is 2.16. The summed E-state index contributed by atoms with van der Waals surface area (Å²) < 4.78 is 4.92. The number of methoxy groups -OCH3 is 1. The third kappa shape index (κ3) is 6.33. The second-order valence-electron chi connectivity index (χ2n) is 4.56. The molecule has 1 aromatic carbocycles. The molecule has 0 saturated heterocycles. The normalized spacial score (nSPS) is 11.7. The lowest BCUT2D eigenvalue weighted by atomic mass is 10.0. The Balaban J connectivity index is 2.52. The minimum absolute atomic E-state index is 0.0799. The molecular formula is C15H22N2O3. The van der Waals surface area contributed by atoms with Gasteiger partial charge in [0.2, 0.25) is 11.8 Å². The SMILES string of the molecule is COCCCNC(=O)CC(NC(C)=O)c1ccccc1. The summed E-state index contributed by atoms with van der Waals surface area (Å²) in [5.74, 6) is -0.227. The first-order valence-electron chi connectivity index (χ1n) is 6.71. The third-order valence-corrected chi connectivity index (χ3v) is 2.82. The first kappa shape index (κ1) is 16.2. The fourth-order valence-electron chi connectivity index (χ4n) is 1.88. The minimum atomic E-state index is -0.295. The van der Waals surface area contributed by atoms with Crippen LogP contribution in [0.25, 0.3) is 0 Å². The maximum atomic E-state index is 11.9. The number of carbonyl (C=O) groups excluding carboxylic acids is 2. The number of amides is 2. The van der Waals surface area contributed by atoms with Gasteiger partial charge in [0.15, 0.2) is 0 Å². The summed E-state index contributed by atoms with van der Waals surface area (Å²) in [6, 6.07) is 9.19. The van der Waals surface area contributed by atoms with E-state index in [1.54, 1.807) is 7.11 Å². The topological polar surface area (TPSA) is 67.4 Å². The van der Waals surface area contributed by atoms with Crippen LogP contribution in [0.2, 0.25) is 0 Å². The van der Waals surface area contributed by atoms with Crippen molar-refractivity contribution in [1.29, 1.82) is 0 Å². The van der Waals surface area contributed by atoms with E-state index in [1.165, 1.54) is 6.92 Å². The smallest absolute Gasteiger partial charge is 0.222 e. The number of hydrogen-bond donors (Lipinski definition) is 2. The van der Waals surface area contributed by atoms with Gasteiger partial charge in [-0.1, -0.05) is 30.3 Å². The van der Waals surface area contributed by atoms with E-state index < -0.39 is 0 Å². The maximum Gasteiger partial charge on any atom is 0.222 e. The summed E-state index contributed by atoms with van der Waals surface area (Å²) in [6.45, 7) is 2.65. The van der Waals surface area contributed by atoms with Crippen molar-refractivity contribution in [3.8, 4) is 0 Å². The van der Waals surface area contributed by atoms with Crippen LogP contribution in [-0.4, -0.2) is 32.1 Å². The van der Waals surface area contributed by atoms with Crippen molar-refractivity contribution in [2.24, 2.45) is 0 Å². The Morgan fingerprint density at radius 1 is 1.25 bits per heavy atom. The zero-order valence-corrected chi connectivity index (χ0v) is 12.0. The molecule has 0 aliphatic carbocycles. The van der Waals surface area contributed by atoms with E-state index in [0.29, 0.717) is 13.2 Å². The number of rotatable bonds is 8. The molecule has 1 aromatic rings. The molecule has 110 valence electrons. The molecule has 0 aliphatic heterocycles. The number of benzene rings is 1. The van der Waals surface area contributed by atoms with Gasteiger partial charge in [-0.2, -0.15) is 0 Å². The van der Waals surface area contributed by atoms with Crippen LogP contribution in [0.5, 0.6) is 0 Å². The van der Waals surface area contributed by atoms with Crippen LogP contribution in [0, 0.1) is 0 Å². The van der Waals surface area contributed by atoms with Gasteiger partial charge in [-0.3, -0.25) is 9.59 Å². The van der Waals surface area contributed by atoms with Crippen molar-refractivity contribution < 1.29 is 14.3 Å². The second kappa shape index (κ2) is 9.09. The molecule has 0 heterocycles. The van der Waals surface area contributed by atoms with E-state index in [1.807, 2.05) is 30.3 Å². The molecule has 0 spiro atoms. The molecule has 2 N–H and O–H groups in total. The highest BCUT2D eigenvalue weighted by Crippen LogP contribution is 2.16. The van der Waals surface area contributed by atoms with Crippen LogP contribution in [0.1, 0.15) is 31.4 Å². The number of hydrogen-bond acceptors (Lipinski definition) is 3. The van der Waals surface area contributed by atoms with Crippen LogP contribution < -0.4 is 10.6 Å². The minimum Gasteiger partial charge on any atom is -0.385 e. The zero-order valence-electron chi connectivity index (χ0n) is 12.0. The van der Waals surface area contributed by atoms with Crippen LogP contribution >= 0.6 is 0 Å². The van der Waals surface area contributed by atoms with Gasteiger partial charge in [0.25, 0.3) is 0 Å². The molecule has 2 amide bonds. The zero-order chi connectivity index (χ0) is 14.8. The number of nitrogens with one attached hydrogen (secondary N) is 2. The molecule has 1 atom stereocenters. The van der Waals surface area contributed by atoms with Crippen LogP contribution in [-0.2, 0) is 14.3 Å². The maximum absolute atomic E-state index is 11.9. The molecule has 1 rings (SSSR count). The highest BCUT2D eigenvalue weighted by atomic mass is 16.5. The fraction of sp³-hybridized carbons (Fsp3) is 0.467. The molecule has 0 radical (unpaired) electrons. The van der Waals surface area contributed by atoms with E-state index in [4.69, 9.17) is 4.74 Å². The Kier molecular flexibility index (Phi) is 7.35. The highest BCUT2D eigenvalue weighted by molar-refractivity contribution is 5.79. The van der Waals surface area contributed by atoms with Crippen molar-refractivity contribution in [3.05, 3.63) is 35.9 Å². The van der Waals surface area contributed by atoms with Crippen molar-refractivity contribution in [1.82, 2.24) is 10.6 Å². The summed E-state index contributed by atoms with van der Waals surface area (Å²) >= 11 is 0. The Hall–Kier alpha value is -1.88. The Labute approximate surface area is 119 Å². The predicted octanol–water partition coefficient (Wildman–Crippen LogP) is 1.41. The van der Waals surface area contributed by atoms with Crippen LogP contribution in [0.3, 0.4) is 0 Å². The van der Waals surface area contributed by atoms with E-state index >= 15 is 0 Å². The second-order valence-corrected chi connectivity index (χ2v) is 4.56. The monoisotopic (exact) mass is 278 g/mol. The summed E-state index contributed by atoms with van der Waals surface area (Å²) in [5.41, 5.74) is 0.926. The molecule has 5 heteroatoms. The average molecular weight is 278 g/mol. The van der Waals surface area contributed by atoms with Gasteiger partial charge < -0.3 is 15.4 Å². The average Bonchev–Trinajstić information content (AvgIpc) is 2.43. The quantitative estimate of drug-likeness (QED) is 0.706.